The quantitative estimate of drug-likeness (QED) is 0.673. The van der Waals surface area contributed by atoms with Crippen molar-refractivity contribution in [1.29, 1.82) is 0 Å². The Morgan fingerprint density at radius 2 is 2.36 bits per heavy atom. The fourth-order valence-electron chi connectivity index (χ4n) is 2.02. The number of aliphatic carboxylic acids is 1. The molecule has 0 bridgehead atoms. The maximum Gasteiger partial charge on any atom is 0.323 e. The highest BCUT2D eigenvalue weighted by Gasteiger charge is 2.42. The van der Waals surface area contributed by atoms with Crippen LogP contribution in [0.5, 0.6) is 0 Å². The summed E-state index contributed by atoms with van der Waals surface area (Å²) in [6, 6.07) is 0. The number of rotatable bonds is 5. The molecule has 1 atom stereocenters. The van der Waals surface area contributed by atoms with E-state index in [-0.39, 0.29) is 0 Å². The molecule has 1 aliphatic heterocycles. The second-order valence-electron chi connectivity index (χ2n) is 4.02. The predicted molar refractivity (Wildman–Crippen MR) is 53.3 cm³/mol. The molecular weight excluding hydrogens is 182 g/mol. The second kappa shape index (κ2) is 4.75. The van der Waals surface area contributed by atoms with Crippen LogP contribution in [-0.2, 0) is 9.53 Å². The largest absolute Gasteiger partial charge is 0.480 e. The maximum absolute atomic E-state index is 11.1. The third kappa shape index (κ3) is 2.25. The summed E-state index contributed by atoms with van der Waals surface area (Å²) in [6.07, 6.45) is 2.64. The number of methoxy groups -OCH3 is 1. The first-order valence-corrected chi connectivity index (χ1v) is 5.08. The van der Waals surface area contributed by atoms with Gasteiger partial charge in [0.15, 0.2) is 0 Å². The molecular formula is C10H19NO3. The Morgan fingerprint density at radius 1 is 1.64 bits per heavy atom. The number of hydrogen-bond acceptors (Lipinski definition) is 3. The van der Waals surface area contributed by atoms with Crippen molar-refractivity contribution in [2.45, 2.75) is 31.7 Å². The number of carboxylic acids is 1. The molecule has 0 radical (unpaired) electrons. The lowest BCUT2D eigenvalue weighted by molar-refractivity contribution is -0.148. The average molecular weight is 201 g/mol. The van der Waals surface area contributed by atoms with Gasteiger partial charge in [-0.1, -0.05) is 0 Å². The normalized spacial score (nSPS) is 28.1. The van der Waals surface area contributed by atoms with E-state index in [2.05, 4.69) is 0 Å². The molecule has 0 spiro atoms. The van der Waals surface area contributed by atoms with E-state index in [4.69, 9.17) is 9.84 Å². The molecule has 0 saturated carbocycles. The van der Waals surface area contributed by atoms with Crippen LogP contribution in [0.2, 0.25) is 0 Å². The first kappa shape index (κ1) is 11.5. The van der Waals surface area contributed by atoms with Gasteiger partial charge in [-0.15, -0.1) is 0 Å². The van der Waals surface area contributed by atoms with Gasteiger partial charge in [0.2, 0.25) is 0 Å². The molecule has 1 rings (SSSR count). The Morgan fingerprint density at radius 3 is 2.93 bits per heavy atom. The molecule has 1 aliphatic rings. The van der Waals surface area contributed by atoms with Gasteiger partial charge >= 0.3 is 5.97 Å². The second-order valence-corrected chi connectivity index (χ2v) is 4.02. The van der Waals surface area contributed by atoms with Crippen LogP contribution >= 0.6 is 0 Å². The van der Waals surface area contributed by atoms with E-state index in [1.165, 1.54) is 0 Å². The van der Waals surface area contributed by atoms with Gasteiger partial charge < -0.3 is 9.84 Å². The first-order valence-electron chi connectivity index (χ1n) is 5.08. The number of ether oxygens (including phenoxy) is 1. The van der Waals surface area contributed by atoms with Gasteiger partial charge in [0.25, 0.3) is 0 Å². The number of carbonyl (C=O) groups is 1. The zero-order chi connectivity index (χ0) is 10.6. The lowest BCUT2D eigenvalue weighted by atomic mass is 9.99. The molecule has 1 fully saturated rings. The average Bonchev–Trinajstić information content (AvgIpc) is 2.50. The maximum atomic E-state index is 11.1. The molecule has 0 amide bonds. The third-order valence-corrected chi connectivity index (χ3v) is 3.03. The molecule has 1 N–H and O–H groups in total. The summed E-state index contributed by atoms with van der Waals surface area (Å²) in [5, 5.41) is 9.13. The monoisotopic (exact) mass is 201 g/mol. The van der Waals surface area contributed by atoms with E-state index >= 15 is 0 Å². The Bertz CT molecular complexity index is 208. The SMILES string of the molecule is COCCCN1CCCC1(C)C(=O)O. The van der Waals surface area contributed by atoms with Gasteiger partial charge in [0, 0.05) is 20.3 Å². The van der Waals surface area contributed by atoms with Crippen molar-refractivity contribution in [2.75, 3.05) is 26.8 Å². The van der Waals surface area contributed by atoms with E-state index in [1.807, 2.05) is 11.8 Å². The van der Waals surface area contributed by atoms with Crippen LogP contribution in [0.4, 0.5) is 0 Å². The minimum atomic E-state index is -0.701. The van der Waals surface area contributed by atoms with Gasteiger partial charge in [-0.2, -0.15) is 0 Å². The Balaban J connectivity index is 2.46. The zero-order valence-electron chi connectivity index (χ0n) is 8.95. The van der Waals surface area contributed by atoms with Crippen LogP contribution in [-0.4, -0.2) is 48.3 Å². The van der Waals surface area contributed by atoms with Crippen molar-refractivity contribution in [3.05, 3.63) is 0 Å². The van der Waals surface area contributed by atoms with Crippen LogP contribution in [0.1, 0.15) is 26.2 Å². The van der Waals surface area contributed by atoms with E-state index in [9.17, 15) is 4.79 Å². The molecule has 0 aliphatic carbocycles. The molecule has 0 aromatic rings. The number of nitrogens with zero attached hydrogens (tertiary/aromatic N) is 1. The fourth-order valence-corrected chi connectivity index (χ4v) is 2.02. The highest BCUT2D eigenvalue weighted by atomic mass is 16.5. The fraction of sp³-hybridized carbons (Fsp3) is 0.900. The topological polar surface area (TPSA) is 49.8 Å². The number of carboxylic acid groups (broad SMARTS) is 1. The van der Waals surface area contributed by atoms with Crippen LogP contribution < -0.4 is 0 Å². The summed E-state index contributed by atoms with van der Waals surface area (Å²) in [7, 11) is 1.67. The summed E-state index contributed by atoms with van der Waals surface area (Å²) in [5.74, 6) is -0.701. The Hall–Kier alpha value is -0.610. The van der Waals surface area contributed by atoms with Gasteiger partial charge in [-0.05, 0) is 32.7 Å². The van der Waals surface area contributed by atoms with Crippen LogP contribution in [0.15, 0.2) is 0 Å². The van der Waals surface area contributed by atoms with Crippen LogP contribution in [0, 0.1) is 0 Å². The molecule has 82 valence electrons. The van der Waals surface area contributed by atoms with Gasteiger partial charge in [-0.25, -0.2) is 0 Å². The minimum absolute atomic E-state index is 0.645. The number of likely N-dealkylation sites (tertiary alicyclic amines) is 1. The highest BCUT2D eigenvalue weighted by molar-refractivity contribution is 5.78. The lowest BCUT2D eigenvalue weighted by Crippen LogP contribution is -2.48. The molecule has 1 unspecified atom stereocenters. The minimum Gasteiger partial charge on any atom is -0.480 e. The van der Waals surface area contributed by atoms with E-state index in [1.54, 1.807) is 7.11 Å². The van der Waals surface area contributed by atoms with Gasteiger partial charge in [0.1, 0.15) is 5.54 Å². The predicted octanol–water partition coefficient (Wildman–Crippen LogP) is 0.962. The van der Waals surface area contributed by atoms with Gasteiger partial charge in [0.05, 0.1) is 0 Å². The molecule has 1 heterocycles. The van der Waals surface area contributed by atoms with Crippen LogP contribution in [0.3, 0.4) is 0 Å². The van der Waals surface area contributed by atoms with E-state index in [0.717, 1.165) is 32.4 Å². The van der Waals surface area contributed by atoms with E-state index in [0.29, 0.717) is 6.61 Å². The molecule has 4 nitrogen and oxygen atoms in total. The summed E-state index contributed by atoms with van der Waals surface area (Å²) in [4.78, 5) is 13.1. The van der Waals surface area contributed by atoms with Crippen molar-refractivity contribution in [1.82, 2.24) is 4.90 Å². The standard InChI is InChI=1S/C10H19NO3/c1-10(9(12)13)5-3-6-11(10)7-4-8-14-2/h3-8H2,1-2H3,(H,12,13). The summed E-state index contributed by atoms with van der Waals surface area (Å²) >= 11 is 0. The summed E-state index contributed by atoms with van der Waals surface area (Å²) < 4.78 is 4.96. The molecule has 0 aromatic heterocycles. The first-order chi connectivity index (χ1) is 6.61. The smallest absolute Gasteiger partial charge is 0.323 e. The Labute approximate surface area is 84.8 Å². The van der Waals surface area contributed by atoms with Crippen molar-refractivity contribution in [2.24, 2.45) is 0 Å². The van der Waals surface area contributed by atoms with Crippen molar-refractivity contribution in [3.63, 3.8) is 0 Å². The molecule has 4 heteroatoms. The van der Waals surface area contributed by atoms with Gasteiger partial charge in [-0.3, -0.25) is 9.69 Å². The zero-order valence-corrected chi connectivity index (χ0v) is 8.95. The molecule has 0 aromatic carbocycles. The third-order valence-electron chi connectivity index (χ3n) is 3.03. The summed E-state index contributed by atoms with van der Waals surface area (Å²) in [5.41, 5.74) is -0.645. The van der Waals surface area contributed by atoms with Crippen LogP contribution in [0.25, 0.3) is 0 Å². The summed E-state index contributed by atoms with van der Waals surface area (Å²) in [6.45, 7) is 4.23. The van der Waals surface area contributed by atoms with Crippen molar-refractivity contribution >= 4 is 5.97 Å². The van der Waals surface area contributed by atoms with Crippen molar-refractivity contribution in [3.8, 4) is 0 Å². The lowest BCUT2D eigenvalue weighted by Gasteiger charge is -2.30. The highest BCUT2D eigenvalue weighted by Crippen LogP contribution is 2.28. The molecule has 1 saturated heterocycles. The Kier molecular flexibility index (Phi) is 3.89. The molecule has 14 heavy (non-hydrogen) atoms. The van der Waals surface area contributed by atoms with Crippen molar-refractivity contribution < 1.29 is 14.6 Å². The number of hydrogen-bond donors (Lipinski definition) is 1. The van der Waals surface area contributed by atoms with E-state index < -0.39 is 11.5 Å².